The monoisotopic (exact) mass is 260 g/mol. The van der Waals surface area contributed by atoms with Gasteiger partial charge in [0.15, 0.2) is 5.69 Å². The van der Waals surface area contributed by atoms with E-state index < -0.39 is 5.97 Å². The van der Waals surface area contributed by atoms with E-state index in [9.17, 15) is 9.59 Å². The van der Waals surface area contributed by atoms with Crippen molar-refractivity contribution in [1.29, 1.82) is 0 Å². The first-order valence-corrected chi connectivity index (χ1v) is 5.53. The molecule has 7 heteroatoms. The molecule has 0 saturated carbocycles. The lowest BCUT2D eigenvalue weighted by atomic mass is 10.1. The summed E-state index contributed by atoms with van der Waals surface area (Å²) < 4.78 is 0. The topological polar surface area (TPSA) is 97.1 Å². The molecule has 2 rings (SSSR count). The third-order valence-electron chi connectivity index (χ3n) is 2.46. The molecule has 2 aromatic rings. The Labute approximate surface area is 108 Å². The summed E-state index contributed by atoms with van der Waals surface area (Å²) in [5.41, 5.74) is 1.11. The molecule has 7 nitrogen and oxygen atoms in total. The molecule has 2 N–H and O–H groups in total. The molecule has 0 atom stereocenters. The summed E-state index contributed by atoms with van der Waals surface area (Å²) in [5, 5.41) is 19.2. The van der Waals surface area contributed by atoms with Gasteiger partial charge >= 0.3 is 5.97 Å². The van der Waals surface area contributed by atoms with Crippen LogP contribution in [0.3, 0.4) is 0 Å². The molecule has 1 heterocycles. The number of benzene rings is 1. The minimum Gasteiger partial charge on any atom is -0.478 e. The Balaban J connectivity index is 2.01. The zero-order chi connectivity index (χ0) is 13.8. The van der Waals surface area contributed by atoms with Crippen molar-refractivity contribution in [2.75, 3.05) is 0 Å². The summed E-state index contributed by atoms with van der Waals surface area (Å²) in [7, 11) is 1.62. The van der Waals surface area contributed by atoms with Gasteiger partial charge in [0.1, 0.15) is 0 Å². The maximum absolute atomic E-state index is 11.7. The summed E-state index contributed by atoms with van der Waals surface area (Å²) in [4.78, 5) is 23.8. The number of carboxylic acids is 1. The predicted octanol–water partition coefficient (Wildman–Crippen LogP) is 0.443. The molecule has 0 aliphatic heterocycles. The van der Waals surface area contributed by atoms with Gasteiger partial charge in [-0.1, -0.05) is 12.1 Å². The van der Waals surface area contributed by atoms with Crippen molar-refractivity contribution in [3.63, 3.8) is 0 Å². The van der Waals surface area contributed by atoms with Crippen molar-refractivity contribution < 1.29 is 14.7 Å². The number of amides is 1. The van der Waals surface area contributed by atoms with Crippen molar-refractivity contribution in [2.24, 2.45) is 7.05 Å². The van der Waals surface area contributed by atoms with Gasteiger partial charge in [-0.2, -0.15) is 9.90 Å². The van der Waals surface area contributed by atoms with Crippen LogP contribution in [-0.4, -0.2) is 32.0 Å². The second kappa shape index (κ2) is 5.30. The molecule has 0 aliphatic carbocycles. The number of aromatic nitrogens is 3. The Hall–Kier alpha value is -2.70. The van der Waals surface area contributed by atoms with Crippen molar-refractivity contribution >= 4 is 11.9 Å². The predicted molar refractivity (Wildman–Crippen MR) is 65.6 cm³/mol. The smallest absolute Gasteiger partial charge is 0.335 e. The number of carbonyl (C=O) groups is 2. The molecule has 0 saturated heterocycles. The van der Waals surface area contributed by atoms with Crippen LogP contribution in [-0.2, 0) is 13.6 Å². The zero-order valence-corrected chi connectivity index (χ0v) is 10.2. The number of nitrogens with one attached hydrogen (secondary N) is 1. The molecule has 0 bridgehead atoms. The van der Waals surface area contributed by atoms with Crippen LogP contribution < -0.4 is 5.32 Å². The van der Waals surface area contributed by atoms with Gasteiger partial charge in [0, 0.05) is 13.6 Å². The molecule has 0 aliphatic rings. The van der Waals surface area contributed by atoms with E-state index in [1.807, 2.05) is 0 Å². The van der Waals surface area contributed by atoms with E-state index in [4.69, 9.17) is 5.11 Å². The zero-order valence-electron chi connectivity index (χ0n) is 10.2. The molecule has 0 spiro atoms. The van der Waals surface area contributed by atoms with E-state index in [2.05, 4.69) is 15.5 Å². The lowest BCUT2D eigenvalue weighted by molar-refractivity contribution is 0.0696. The highest BCUT2D eigenvalue weighted by Gasteiger charge is 2.09. The number of hydrogen-bond donors (Lipinski definition) is 2. The van der Waals surface area contributed by atoms with Crippen LogP contribution in [0.5, 0.6) is 0 Å². The van der Waals surface area contributed by atoms with Crippen molar-refractivity contribution in [1.82, 2.24) is 20.3 Å². The van der Waals surface area contributed by atoms with E-state index in [0.29, 0.717) is 5.56 Å². The number of carboxylic acid groups (broad SMARTS) is 1. The maximum atomic E-state index is 11.7. The molecule has 1 aromatic carbocycles. The first-order valence-electron chi connectivity index (χ1n) is 5.53. The molecular formula is C12H12N4O3. The van der Waals surface area contributed by atoms with E-state index in [-0.39, 0.29) is 23.7 Å². The Morgan fingerprint density at radius 3 is 2.84 bits per heavy atom. The van der Waals surface area contributed by atoms with Crippen LogP contribution in [0.25, 0.3) is 0 Å². The molecule has 0 fully saturated rings. The Morgan fingerprint density at radius 2 is 2.21 bits per heavy atom. The second-order valence-electron chi connectivity index (χ2n) is 3.91. The number of aromatic carboxylic acids is 1. The first kappa shape index (κ1) is 12.7. The van der Waals surface area contributed by atoms with Gasteiger partial charge < -0.3 is 10.4 Å². The SMILES string of the molecule is Cn1ncc(C(=O)NCc2cccc(C(=O)O)c2)n1. The van der Waals surface area contributed by atoms with Gasteiger partial charge in [0.25, 0.3) is 5.91 Å². The van der Waals surface area contributed by atoms with Crippen LogP contribution in [0.2, 0.25) is 0 Å². The van der Waals surface area contributed by atoms with E-state index in [1.54, 1.807) is 19.2 Å². The number of rotatable bonds is 4. The maximum Gasteiger partial charge on any atom is 0.335 e. The Bertz CT molecular complexity index is 621. The summed E-state index contributed by atoms with van der Waals surface area (Å²) in [6.07, 6.45) is 1.36. The third-order valence-corrected chi connectivity index (χ3v) is 2.46. The van der Waals surface area contributed by atoms with E-state index in [0.717, 1.165) is 0 Å². The highest BCUT2D eigenvalue weighted by atomic mass is 16.4. The van der Waals surface area contributed by atoms with Gasteiger partial charge in [-0.05, 0) is 17.7 Å². The fourth-order valence-electron chi connectivity index (χ4n) is 1.54. The van der Waals surface area contributed by atoms with Crippen LogP contribution >= 0.6 is 0 Å². The largest absolute Gasteiger partial charge is 0.478 e. The molecule has 0 radical (unpaired) electrons. The van der Waals surface area contributed by atoms with Gasteiger partial charge in [0.2, 0.25) is 0 Å². The summed E-state index contributed by atoms with van der Waals surface area (Å²) >= 11 is 0. The van der Waals surface area contributed by atoms with Gasteiger partial charge in [-0.15, -0.1) is 5.10 Å². The lowest BCUT2D eigenvalue weighted by Gasteiger charge is -2.04. The van der Waals surface area contributed by atoms with Crippen molar-refractivity contribution in [3.8, 4) is 0 Å². The minimum atomic E-state index is -0.998. The number of aryl methyl sites for hydroxylation is 1. The van der Waals surface area contributed by atoms with Gasteiger partial charge in [-0.3, -0.25) is 4.79 Å². The fraction of sp³-hybridized carbons (Fsp3) is 0.167. The highest BCUT2D eigenvalue weighted by molar-refractivity contribution is 5.91. The van der Waals surface area contributed by atoms with E-state index >= 15 is 0 Å². The summed E-state index contributed by atoms with van der Waals surface area (Å²) in [5.74, 6) is -1.35. The average molecular weight is 260 g/mol. The molecule has 0 unspecified atom stereocenters. The average Bonchev–Trinajstić information content (AvgIpc) is 2.83. The third kappa shape index (κ3) is 3.15. The van der Waals surface area contributed by atoms with Gasteiger partial charge in [-0.25, -0.2) is 4.79 Å². The lowest BCUT2D eigenvalue weighted by Crippen LogP contribution is -2.23. The minimum absolute atomic E-state index is 0.186. The van der Waals surface area contributed by atoms with Crippen molar-refractivity contribution in [3.05, 3.63) is 47.3 Å². The van der Waals surface area contributed by atoms with E-state index in [1.165, 1.54) is 23.1 Å². The van der Waals surface area contributed by atoms with Crippen molar-refractivity contribution in [2.45, 2.75) is 6.54 Å². The normalized spacial score (nSPS) is 10.2. The first-order chi connectivity index (χ1) is 9.06. The quantitative estimate of drug-likeness (QED) is 0.831. The molecule has 19 heavy (non-hydrogen) atoms. The van der Waals surface area contributed by atoms with Crippen LogP contribution in [0.1, 0.15) is 26.4 Å². The van der Waals surface area contributed by atoms with Gasteiger partial charge in [0.05, 0.1) is 11.8 Å². The number of nitrogens with zero attached hydrogens (tertiary/aromatic N) is 3. The molecular weight excluding hydrogens is 248 g/mol. The number of hydrogen-bond acceptors (Lipinski definition) is 4. The molecule has 1 amide bonds. The molecule has 1 aromatic heterocycles. The Kier molecular flexibility index (Phi) is 3.56. The highest BCUT2D eigenvalue weighted by Crippen LogP contribution is 2.05. The second-order valence-corrected chi connectivity index (χ2v) is 3.91. The fourth-order valence-corrected chi connectivity index (χ4v) is 1.54. The van der Waals surface area contributed by atoms with Crippen LogP contribution in [0.15, 0.2) is 30.5 Å². The summed E-state index contributed by atoms with van der Waals surface area (Å²) in [6, 6.07) is 6.38. The molecule has 98 valence electrons. The number of carbonyl (C=O) groups excluding carboxylic acids is 1. The standard InChI is InChI=1S/C12H12N4O3/c1-16-14-7-10(15-16)11(17)13-6-8-3-2-4-9(5-8)12(18)19/h2-5,7H,6H2,1H3,(H,13,17)(H,18,19). The summed E-state index contributed by atoms with van der Waals surface area (Å²) in [6.45, 7) is 0.233. The Morgan fingerprint density at radius 1 is 1.42 bits per heavy atom. The van der Waals surface area contributed by atoms with Crippen LogP contribution in [0, 0.1) is 0 Å². The van der Waals surface area contributed by atoms with Crippen LogP contribution in [0.4, 0.5) is 0 Å².